The molecule has 4 heterocycles. The number of hydrogen-bond donors (Lipinski definition) is 2. The Balaban J connectivity index is 1.28. The van der Waals surface area contributed by atoms with E-state index in [0.29, 0.717) is 43.0 Å². The van der Waals surface area contributed by atoms with Crippen LogP contribution in [-0.2, 0) is 37.2 Å². The number of amides is 1. The summed E-state index contributed by atoms with van der Waals surface area (Å²) >= 11 is 0. The summed E-state index contributed by atoms with van der Waals surface area (Å²) in [5.74, 6) is -2.12. The molecule has 51 heavy (non-hydrogen) atoms. The second kappa shape index (κ2) is 16.5. The number of carbonyl (C=O) groups excluding carboxylic acids is 2. The Labute approximate surface area is 295 Å². The first-order chi connectivity index (χ1) is 24.6. The van der Waals surface area contributed by atoms with Crippen molar-refractivity contribution in [2.75, 3.05) is 77.0 Å². The molecule has 0 saturated carbocycles. The fourth-order valence-corrected chi connectivity index (χ4v) is 7.87. The molecule has 0 radical (unpaired) electrons. The normalized spacial score (nSPS) is 17.2. The highest BCUT2D eigenvalue weighted by Gasteiger charge is 2.35. The quantitative estimate of drug-likeness (QED) is 0.247. The van der Waals surface area contributed by atoms with Crippen molar-refractivity contribution in [2.24, 2.45) is 0 Å². The molecule has 1 amide bonds. The SMILES string of the molecule is COCCOC(=O)n1nc(NC(=O)c2ccc(OCCN3CCCC3)cc2NC2CCOCC2)c2c1CCN(S(=O)(=O)c1cc(F)cc(F)c1)C2. The van der Waals surface area contributed by atoms with Crippen molar-refractivity contribution in [1.29, 1.82) is 0 Å². The third kappa shape index (κ3) is 8.84. The van der Waals surface area contributed by atoms with Crippen LogP contribution in [0.3, 0.4) is 0 Å². The number of likely N-dealkylation sites (tertiary alicyclic amines) is 1. The van der Waals surface area contributed by atoms with E-state index in [1.165, 1.54) is 20.0 Å². The zero-order chi connectivity index (χ0) is 36.0. The Morgan fingerprint density at radius 3 is 2.47 bits per heavy atom. The highest BCUT2D eigenvalue weighted by atomic mass is 32.2. The Bertz CT molecular complexity index is 1810. The van der Waals surface area contributed by atoms with Gasteiger partial charge in [-0.25, -0.2) is 22.0 Å². The second-order valence-electron chi connectivity index (χ2n) is 12.6. The fourth-order valence-electron chi connectivity index (χ4n) is 6.42. The van der Waals surface area contributed by atoms with Crippen molar-refractivity contribution in [3.8, 4) is 5.75 Å². The number of anilines is 2. The van der Waals surface area contributed by atoms with Crippen LogP contribution in [0.4, 0.5) is 25.1 Å². The van der Waals surface area contributed by atoms with Crippen LogP contribution in [0.1, 0.15) is 47.3 Å². The third-order valence-electron chi connectivity index (χ3n) is 9.11. The standard InChI is InChI=1S/C34H42F2N6O8S/c1-47-16-17-50-34(44)42-31-6-11-41(51(45,46)27-19-23(35)18-24(36)20-27)22-29(31)32(39-42)38-33(43)28-5-4-26(49-15-12-40-9-2-3-10-40)21-30(28)37-25-7-13-48-14-8-25/h4-5,18-21,25,37H,2-3,6-17,22H2,1H3,(H,38,39,43). The van der Waals surface area contributed by atoms with Gasteiger partial charge in [0, 0.05) is 70.1 Å². The predicted octanol–water partition coefficient (Wildman–Crippen LogP) is 3.86. The number of nitrogens with zero attached hydrogens (tertiary/aromatic N) is 4. The summed E-state index contributed by atoms with van der Waals surface area (Å²) in [4.78, 5) is 28.9. The van der Waals surface area contributed by atoms with Crippen LogP contribution in [0.2, 0.25) is 0 Å². The minimum atomic E-state index is -4.38. The van der Waals surface area contributed by atoms with E-state index in [2.05, 4.69) is 20.6 Å². The summed E-state index contributed by atoms with van der Waals surface area (Å²) in [6.45, 7) is 4.16. The summed E-state index contributed by atoms with van der Waals surface area (Å²) < 4.78 is 78.9. The highest BCUT2D eigenvalue weighted by Crippen LogP contribution is 2.32. The number of rotatable bonds is 13. The number of hydrogen-bond acceptors (Lipinski definition) is 11. The lowest BCUT2D eigenvalue weighted by Crippen LogP contribution is -2.37. The molecule has 0 aliphatic carbocycles. The molecular weight excluding hydrogens is 690 g/mol. The van der Waals surface area contributed by atoms with E-state index in [1.54, 1.807) is 18.2 Å². The topological polar surface area (TPSA) is 154 Å². The van der Waals surface area contributed by atoms with Gasteiger partial charge in [0.15, 0.2) is 5.82 Å². The number of aromatic nitrogens is 2. The van der Waals surface area contributed by atoms with E-state index in [4.69, 9.17) is 18.9 Å². The number of sulfonamides is 1. The van der Waals surface area contributed by atoms with Gasteiger partial charge >= 0.3 is 6.09 Å². The molecule has 0 unspecified atom stereocenters. The lowest BCUT2D eigenvalue weighted by Gasteiger charge is -2.27. The van der Waals surface area contributed by atoms with E-state index in [-0.39, 0.29) is 55.7 Å². The van der Waals surface area contributed by atoms with Crippen molar-refractivity contribution in [2.45, 2.75) is 49.6 Å². The van der Waals surface area contributed by atoms with Crippen molar-refractivity contribution in [3.05, 3.63) is 64.9 Å². The van der Waals surface area contributed by atoms with E-state index in [1.807, 2.05) is 0 Å². The van der Waals surface area contributed by atoms with Gasteiger partial charge in [-0.1, -0.05) is 0 Å². The summed E-state index contributed by atoms with van der Waals surface area (Å²) in [7, 11) is -2.93. The monoisotopic (exact) mass is 732 g/mol. The van der Waals surface area contributed by atoms with Gasteiger partial charge in [0.25, 0.3) is 5.91 Å². The van der Waals surface area contributed by atoms with Gasteiger partial charge in [-0.3, -0.25) is 9.69 Å². The molecule has 3 aromatic rings. The Kier molecular flexibility index (Phi) is 11.8. The second-order valence-corrected chi connectivity index (χ2v) is 14.5. The maximum atomic E-state index is 14.0. The molecule has 0 bridgehead atoms. The van der Waals surface area contributed by atoms with Gasteiger partial charge in [-0.05, 0) is 63.0 Å². The molecule has 1 aromatic heterocycles. The first kappa shape index (κ1) is 36.6. The summed E-state index contributed by atoms with van der Waals surface area (Å²) in [6, 6.07) is 7.23. The molecule has 2 fully saturated rings. The molecule has 2 saturated heterocycles. The average molecular weight is 733 g/mol. The number of carbonyl (C=O) groups is 2. The van der Waals surface area contributed by atoms with Crippen molar-refractivity contribution in [1.82, 2.24) is 19.0 Å². The first-order valence-electron chi connectivity index (χ1n) is 17.0. The van der Waals surface area contributed by atoms with Crippen molar-refractivity contribution in [3.63, 3.8) is 0 Å². The fraction of sp³-hybridized carbons (Fsp3) is 0.500. The van der Waals surface area contributed by atoms with E-state index >= 15 is 0 Å². The van der Waals surface area contributed by atoms with Crippen molar-refractivity contribution < 1.29 is 45.7 Å². The van der Waals surface area contributed by atoms with Crippen LogP contribution in [0, 0.1) is 11.6 Å². The maximum absolute atomic E-state index is 14.0. The number of nitrogens with one attached hydrogen (secondary N) is 2. The van der Waals surface area contributed by atoms with Crippen LogP contribution in [0.25, 0.3) is 0 Å². The van der Waals surface area contributed by atoms with Crippen LogP contribution in [0.15, 0.2) is 41.3 Å². The zero-order valence-corrected chi connectivity index (χ0v) is 29.2. The minimum absolute atomic E-state index is 0.00533. The maximum Gasteiger partial charge on any atom is 0.435 e. The van der Waals surface area contributed by atoms with Gasteiger partial charge in [0.05, 0.1) is 28.4 Å². The molecule has 6 rings (SSSR count). The lowest BCUT2D eigenvalue weighted by atomic mass is 10.1. The van der Waals surface area contributed by atoms with Crippen LogP contribution in [-0.4, -0.2) is 112 Å². The molecule has 0 spiro atoms. The highest BCUT2D eigenvalue weighted by molar-refractivity contribution is 7.89. The number of ether oxygens (including phenoxy) is 4. The number of methoxy groups -OCH3 is 1. The summed E-state index contributed by atoms with van der Waals surface area (Å²) in [6.07, 6.45) is 2.99. The molecule has 2 N–H and O–H groups in total. The van der Waals surface area contributed by atoms with Crippen LogP contribution >= 0.6 is 0 Å². The molecule has 2 aromatic carbocycles. The number of fused-ring (bicyclic) bond motifs is 1. The van der Waals surface area contributed by atoms with Gasteiger partial charge in [0.1, 0.15) is 30.6 Å². The van der Waals surface area contributed by atoms with Gasteiger partial charge in [-0.15, -0.1) is 5.10 Å². The lowest BCUT2D eigenvalue weighted by molar-refractivity contribution is 0.0904. The molecule has 14 nitrogen and oxygen atoms in total. The first-order valence-corrected chi connectivity index (χ1v) is 18.4. The average Bonchev–Trinajstić information content (AvgIpc) is 3.76. The largest absolute Gasteiger partial charge is 0.492 e. The Morgan fingerprint density at radius 1 is 1.00 bits per heavy atom. The minimum Gasteiger partial charge on any atom is -0.492 e. The Morgan fingerprint density at radius 2 is 1.75 bits per heavy atom. The summed E-state index contributed by atoms with van der Waals surface area (Å²) in [5.41, 5.74) is 1.36. The van der Waals surface area contributed by atoms with Crippen molar-refractivity contribution >= 4 is 33.5 Å². The molecule has 3 aliphatic heterocycles. The third-order valence-corrected chi connectivity index (χ3v) is 10.9. The van der Waals surface area contributed by atoms with Crippen LogP contribution < -0.4 is 15.4 Å². The number of benzene rings is 2. The predicted molar refractivity (Wildman–Crippen MR) is 182 cm³/mol. The molecular formula is C34H42F2N6O8S. The van der Waals surface area contributed by atoms with E-state index in [0.717, 1.165) is 53.6 Å². The van der Waals surface area contributed by atoms with Gasteiger partial charge in [0.2, 0.25) is 10.0 Å². The van der Waals surface area contributed by atoms with E-state index < -0.39 is 38.6 Å². The molecule has 3 aliphatic rings. The smallest absolute Gasteiger partial charge is 0.435 e. The molecule has 0 atom stereocenters. The Hall–Kier alpha value is -4.16. The van der Waals surface area contributed by atoms with Gasteiger partial charge in [-0.2, -0.15) is 8.99 Å². The molecule has 276 valence electrons. The number of halogens is 2. The summed E-state index contributed by atoms with van der Waals surface area (Å²) in [5, 5.41) is 10.6. The zero-order valence-electron chi connectivity index (χ0n) is 28.4. The van der Waals surface area contributed by atoms with E-state index in [9.17, 15) is 26.8 Å². The van der Waals surface area contributed by atoms with Gasteiger partial charge < -0.3 is 29.6 Å². The molecule has 17 heteroatoms. The van der Waals surface area contributed by atoms with Crippen LogP contribution in [0.5, 0.6) is 5.75 Å².